The summed E-state index contributed by atoms with van der Waals surface area (Å²) in [4.78, 5) is 0. The maximum atomic E-state index is 5.73. The highest BCUT2D eigenvalue weighted by molar-refractivity contribution is 5.22. The van der Waals surface area contributed by atoms with Crippen molar-refractivity contribution in [2.45, 2.75) is 38.0 Å². The highest BCUT2D eigenvalue weighted by atomic mass is 15.4. The summed E-state index contributed by atoms with van der Waals surface area (Å²) in [7, 11) is 0. The van der Waals surface area contributed by atoms with E-state index in [1.54, 1.807) is 0 Å². The summed E-state index contributed by atoms with van der Waals surface area (Å²) in [6, 6.07) is 0. The SMILES string of the molecule is CC1(c2nnc(N)n2N)CCCC1. The zero-order chi connectivity index (χ0) is 9.47. The molecular weight excluding hydrogens is 166 g/mol. The van der Waals surface area contributed by atoms with Gasteiger partial charge >= 0.3 is 0 Å². The lowest BCUT2D eigenvalue weighted by molar-refractivity contribution is 0.447. The van der Waals surface area contributed by atoms with Crippen LogP contribution in [0.15, 0.2) is 0 Å². The summed E-state index contributed by atoms with van der Waals surface area (Å²) in [6.07, 6.45) is 4.73. The van der Waals surface area contributed by atoms with Gasteiger partial charge in [-0.05, 0) is 12.8 Å². The lowest BCUT2D eigenvalue weighted by atomic mass is 9.88. The second-order valence-electron chi connectivity index (χ2n) is 4.02. The fourth-order valence-electron chi connectivity index (χ4n) is 2.09. The van der Waals surface area contributed by atoms with Crippen LogP contribution in [0.5, 0.6) is 0 Å². The third-order valence-corrected chi connectivity index (χ3v) is 2.97. The molecule has 0 atom stereocenters. The first-order valence-corrected chi connectivity index (χ1v) is 4.60. The van der Waals surface area contributed by atoms with E-state index in [1.165, 1.54) is 17.5 Å². The maximum Gasteiger partial charge on any atom is 0.240 e. The van der Waals surface area contributed by atoms with E-state index in [-0.39, 0.29) is 5.41 Å². The van der Waals surface area contributed by atoms with Gasteiger partial charge in [0.25, 0.3) is 0 Å². The Morgan fingerprint density at radius 3 is 2.38 bits per heavy atom. The Labute approximate surface area is 77.1 Å². The van der Waals surface area contributed by atoms with Crippen LogP contribution in [-0.2, 0) is 5.41 Å². The Balaban J connectivity index is 2.39. The fourth-order valence-corrected chi connectivity index (χ4v) is 2.09. The van der Waals surface area contributed by atoms with Gasteiger partial charge in [0.1, 0.15) is 0 Å². The summed E-state index contributed by atoms with van der Waals surface area (Å²) in [5.41, 5.74) is 5.61. The number of nitrogens with zero attached hydrogens (tertiary/aromatic N) is 3. The predicted molar refractivity (Wildman–Crippen MR) is 50.4 cm³/mol. The Bertz CT molecular complexity index is 310. The minimum atomic E-state index is 0.0827. The molecular formula is C8H15N5. The molecule has 4 N–H and O–H groups in total. The summed E-state index contributed by atoms with van der Waals surface area (Å²) in [6.45, 7) is 2.17. The molecule has 1 saturated carbocycles. The number of nitrogen functional groups attached to an aromatic ring is 2. The number of rotatable bonds is 1. The van der Waals surface area contributed by atoms with E-state index < -0.39 is 0 Å². The van der Waals surface area contributed by atoms with Crippen molar-refractivity contribution in [2.24, 2.45) is 0 Å². The average Bonchev–Trinajstić information content (AvgIpc) is 2.63. The van der Waals surface area contributed by atoms with Gasteiger partial charge in [0.2, 0.25) is 5.95 Å². The zero-order valence-corrected chi connectivity index (χ0v) is 7.82. The molecule has 0 spiro atoms. The first-order chi connectivity index (χ1) is 6.13. The van der Waals surface area contributed by atoms with Gasteiger partial charge < -0.3 is 11.6 Å². The van der Waals surface area contributed by atoms with Gasteiger partial charge in [-0.1, -0.05) is 19.8 Å². The van der Waals surface area contributed by atoms with Crippen LogP contribution in [0.3, 0.4) is 0 Å². The van der Waals surface area contributed by atoms with Crippen molar-refractivity contribution in [1.29, 1.82) is 0 Å². The molecule has 0 aliphatic heterocycles. The average molecular weight is 181 g/mol. The molecule has 0 bridgehead atoms. The van der Waals surface area contributed by atoms with Gasteiger partial charge in [0, 0.05) is 5.41 Å². The molecule has 1 aliphatic carbocycles. The molecule has 1 fully saturated rings. The van der Waals surface area contributed by atoms with Crippen molar-refractivity contribution >= 4 is 5.95 Å². The lowest BCUT2D eigenvalue weighted by Gasteiger charge is -2.21. The molecule has 2 rings (SSSR count). The lowest BCUT2D eigenvalue weighted by Crippen LogP contribution is -2.27. The van der Waals surface area contributed by atoms with E-state index in [9.17, 15) is 0 Å². The van der Waals surface area contributed by atoms with E-state index in [2.05, 4.69) is 17.1 Å². The number of hydrogen-bond donors (Lipinski definition) is 2. The van der Waals surface area contributed by atoms with Crippen molar-refractivity contribution in [3.05, 3.63) is 5.82 Å². The Hall–Kier alpha value is -1.26. The largest absolute Gasteiger partial charge is 0.366 e. The summed E-state index contributed by atoms with van der Waals surface area (Å²) in [5.74, 6) is 6.85. The Kier molecular flexibility index (Phi) is 1.68. The molecule has 72 valence electrons. The fraction of sp³-hybridized carbons (Fsp3) is 0.750. The molecule has 5 nitrogen and oxygen atoms in total. The number of anilines is 1. The summed E-state index contributed by atoms with van der Waals surface area (Å²) < 4.78 is 1.41. The molecule has 1 aliphatic rings. The topological polar surface area (TPSA) is 82.8 Å². The second-order valence-corrected chi connectivity index (χ2v) is 4.02. The molecule has 1 heterocycles. The number of nitrogens with two attached hydrogens (primary N) is 2. The molecule has 0 radical (unpaired) electrons. The van der Waals surface area contributed by atoms with E-state index in [0.717, 1.165) is 18.7 Å². The van der Waals surface area contributed by atoms with Gasteiger partial charge in [0.15, 0.2) is 5.82 Å². The van der Waals surface area contributed by atoms with E-state index in [0.29, 0.717) is 5.95 Å². The van der Waals surface area contributed by atoms with Crippen LogP contribution in [-0.4, -0.2) is 14.9 Å². The maximum absolute atomic E-state index is 5.73. The highest BCUT2D eigenvalue weighted by Gasteiger charge is 2.35. The first-order valence-electron chi connectivity index (χ1n) is 4.60. The minimum absolute atomic E-state index is 0.0827. The number of aromatic nitrogens is 3. The third-order valence-electron chi connectivity index (χ3n) is 2.97. The van der Waals surface area contributed by atoms with Crippen molar-refractivity contribution in [3.63, 3.8) is 0 Å². The Morgan fingerprint density at radius 2 is 1.92 bits per heavy atom. The van der Waals surface area contributed by atoms with Gasteiger partial charge in [0.05, 0.1) is 0 Å². The van der Waals surface area contributed by atoms with Crippen LogP contribution in [0.25, 0.3) is 0 Å². The van der Waals surface area contributed by atoms with Crippen molar-refractivity contribution < 1.29 is 0 Å². The van der Waals surface area contributed by atoms with Gasteiger partial charge in [-0.2, -0.15) is 0 Å². The number of hydrogen-bond acceptors (Lipinski definition) is 4. The molecule has 0 amide bonds. The predicted octanol–water partition coefficient (Wildman–Crippen LogP) is 0.406. The highest BCUT2D eigenvalue weighted by Crippen LogP contribution is 2.39. The van der Waals surface area contributed by atoms with Gasteiger partial charge in [-0.25, -0.2) is 4.68 Å². The Morgan fingerprint density at radius 1 is 1.31 bits per heavy atom. The van der Waals surface area contributed by atoms with E-state index in [1.807, 2.05) is 0 Å². The molecule has 0 unspecified atom stereocenters. The van der Waals surface area contributed by atoms with Crippen LogP contribution < -0.4 is 11.6 Å². The smallest absolute Gasteiger partial charge is 0.240 e. The van der Waals surface area contributed by atoms with Crippen molar-refractivity contribution in [2.75, 3.05) is 11.6 Å². The van der Waals surface area contributed by atoms with Crippen LogP contribution >= 0.6 is 0 Å². The molecule has 1 aromatic heterocycles. The zero-order valence-electron chi connectivity index (χ0n) is 7.82. The van der Waals surface area contributed by atoms with E-state index >= 15 is 0 Å². The normalized spacial score (nSPS) is 20.7. The molecule has 0 aromatic carbocycles. The minimum Gasteiger partial charge on any atom is -0.366 e. The van der Waals surface area contributed by atoms with Crippen molar-refractivity contribution in [1.82, 2.24) is 14.9 Å². The second kappa shape index (κ2) is 2.61. The quantitative estimate of drug-likeness (QED) is 0.614. The van der Waals surface area contributed by atoms with Crippen LogP contribution in [0.4, 0.5) is 5.95 Å². The van der Waals surface area contributed by atoms with E-state index in [4.69, 9.17) is 11.6 Å². The standard InChI is InChI=1S/C8H15N5/c1-8(4-2-3-5-8)6-11-12-7(9)13(6)10/h2-5,10H2,1H3,(H2,9,12). The van der Waals surface area contributed by atoms with Crippen LogP contribution in [0.2, 0.25) is 0 Å². The van der Waals surface area contributed by atoms with Gasteiger partial charge in [-0.15, -0.1) is 10.2 Å². The first kappa shape index (κ1) is 8.34. The van der Waals surface area contributed by atoms with Crippen LogP contribution in [0, 0.1) is 0 Å². The molecule has 0 saturated heterocycles. The van der Waals surface area contributed by atoms with Crippen LogP contribution in [0.1, 0.15) is 38.4 Å². The van der Waals surface area contributed by atoms with Gasteiger partial charge in [-0.3, -0.25) is 0 Å². The molecule has 13 heavy (non-hydrogen) atoms. The summed E-state index contributed by atoms with van der Waals surface area (Å²) >= 11 is 0. The molecule has 1 aromatic rings. The summed E-state index contributed by atoms with van der Waals surface area (Å²) in [5, 5.41) is 7.80. The van der Waals surface area contributed by atoms with Crippen molar-refractivity contribution in [3.8, 4) is 0 Å². The monoisotopic (exact) mass is 181 g/mol. The molecule has 5 heteroatoms. The third kappa shape index (κ3) is 1.15.